The number of benzene rings is 1. The van der Waals surface area contributed by atoms with E-state index in [0.717, 1.165) is 5.56 Å². The number of carbonyl (C=O) groups excluding carboxylic acids is 2. The van der Waals surface area contributed by atoms with Crippen LogP contribution in [-0.2, 0) is 9.59 Å². The smallest absolute Gasteiger partial charge is 0.278 e. The summed E-state index contributed by atoms with van der Waals surface area (Å²) in [4.78, 5) is 29.0. The lowest BCUT2D eigenvalue weighted by molar-refractivity contribution is -0.124. The van der Waals surface area contributed by atoms with Gasteiger partial charge in [0.15, 0.2) is 0 Å². The Hall–Kier alpha value is -2.47. The van der Waals surface area contributed by atoms with Gasteiger partial charge in [-0.1, -0.05) is 26.0 Å². The van der Waals surface area contributed by atoms with E-state index < -0.39 is 6.04 Å². The normalized spacial score (nSPS) is 17.7. The molecule has 0 fully saturated rings. The first kappa shape index (κ1) is 16.9. The molecule has 0 aromatic heterocycles. The van der Waals surface area contributed by atoms with Crippen molar-refractivity contribution in [2.75, 3.05) is 6.54 Å². The average molecular weight is 315 g/mol. The number of nitrogens with two attached hydrogens (primary N) is 1. The summed E-state index contributed by atoms with van der Waals surface area (Å²) in [5.74, 6) is 0.599. The van der Waals surface area contributed by atoms with E-state index in [2.05, 4.69) is 4.99 Å². The average Bonchev–Trinajstić information content (AvgIpc) is 2.79. The Balaban J connectivity index is 2.32. The number of amides is 1. The van der Waals surface area contributed by atoms with Gasteiger partial charge in [0.25, 0.3) is 5.91 Å². The van der Waals surface area contributed by atoms with Crippen LogP contribution >= 0.6 is 0 Å². The maximum Gasteiger partial charge on any atom is 0.278 e. The standard InChI is InChI=1S/C17H21N3O3/c1-11(2)9-14(18)16-19-15(17(23)20(16)7-8-21)10-12-3-5-13(22)6-4-12/h3-6,8,10-11,14,22H,7,9,18H2,1-2H3/b15-10+/t14-/m0/s1. The van der Waals surface area contributed by atoms with Crippen molar-refractivity contribution < 1.29 is 14.7 Å². The van der Waals surface area contributed by atoms with Crippen LogP contribution in [0.25, 0.3) is 6.08 Å². The molecular formula is C17H21N3O3. The molecule has 6 nitrogen and oxygen atoms in total. The fourth-order valence-corrected chi connectivity index (χ4v) is 2.44. The molecule has 6 heteroatoms. The monoisotopic (exact) mass is 315 g/mol. The van der Waals surface area contributed by atoms with Gasteiger partial charge < -0.3 is 15.6 Å². The summed E-state index contributed by atoms with van der Waals surface area (Å²) in [5, 5.41) is 9.30. The number of aliphatic imine (C=N–C) groups is 1. The lowest BCUT2D eigenvalue weighted by Gasteiger charge is -2.21. The molecule has 1 aliphatic rings. The topological polar surface area (TPSA) is 96.0 Å². The van der Waals surface area contributed by atoms with Crippen molar-refractivity contribution in [3.8, 4) is 5.75 Å². The third kappa shape index (κ3) is 4.04. The van der Waals surface area contributed by atoms with Crippen LogP contribution in [0.1, 0.15) is 25.8 Å². The molecule has 0 aliphatic carbocycles. The number of rotatable bonds is 6. The summed E-state index contributed by atoms with van der Waals surface area (Å²) in [7, 11) is 0. The van der Waals surface area contributed by atoms with Crippen LogP contribution < -0.4 is 5.73 Å². The molecular weight excluding hydrogens is 294 g/mol. The Morgan fingerprint density at radius 1 is 1.30 bits per heavy atom. The van der Waals surface area contributed by atoms with E-state index in [0.29, 0.717) is 24.5 Å². The summed E-state index contributed by atoms with van der Waals surface area (Å²) >= 11 is 0. The van der Waals surface area contributed by atoms with E-state index in [1.54, 1.807) is 18.2 Å². The molecule has 0 radical (unpaired) electrons. The van der Waals surface area contributed by atoms with Gasteiger partial charge in [-0.15, -0.1) is 0 Å². The highest BCUT2D eigenvalue weighted by molar-refractivity contribution is 6.16. The molecule has 0 bridgehead atoms. The summed E-state index contributed by atoms with van der Waals surface area (Å²) in [6, 6.07) is 6.03. The Morgan fingerprint density at radius 3 is 2.52 bits per heavy atom. The van der Waals surface area contributed by atoms with Gasteiger partial charge in [0, 0.05) is 0 Å². The van der Waals surface area contributed by atoms with E-state index in [4.69, 9.17) is 5.73 Å². The fraction of sp³-hybridized carbons (Fsp3) is 0.353. The van der Waals surface area contributed by atoms with E-state index in [1.807, 2.05) is 13.8 Å². The quantitative estimate of drug-likeness (QED) is 0.615. The predicted molar refractivity (Wildman–Crippen MR) is 88.7 cm³/mol. The SMILES string of the molecule is CC(C)C[C@H](N)C1=N/C(=C/c2ccc(O)cc2)C(=O)N1CC=O. The second-order valence-electron chi connectivity index (χ2n) is 5.91. The van der Waals surface area contributed by atoms with E-state index in [1.165, 1.54) is 17.0 Å². The van der Waals surface area contributed by atoms with Crippen molar-refractivity contribution >= 4 is 24.1 Å². The Bertz CT molecular complexity index is 648. The number of aldehydes is 1. The number of hydrogen-bond donors (Lipinski definition) is 2. The van der Waals surface area contributed by atoms with Gasteiger partial charge in [0.05, 0.1) is 12.6 Å². The molecule has 0 spiro atoms. The van der Waals surface area contributed by atoms with Crippen molar-refractivity contribution in [1.82, 2.24) is 4.90 Å². The minimum atomic E-state index is -0.399. The van der Waals surface area contributed by atoms with E-state index in [-0.39, 0.29) is 23.9 Å². The molecule has 0 unspecified atom stereocenters. The van der Waals surface area contributed by atoms with Gasteiger partial charge in [0.1, 0.15) is 23.6 Å². The van der Waals surface area contributed by atoms with Crippen molar-refractivity contribution in [2.24, 2.45) is 16.6 Å². The molecule has 1 aromatic carbocycles. The minimum absolute atomic E-state index is 0.0591. The summed E-state index contributed by atoms with van der Waals surface area (Å²) in [6.45, 7) is 4.01. The minimum Gasteiger partial charge on any atom is -0.508 e. The third-order valence-corrected chi connectivity index (χ3v) is 3.49. The number of carbonyl (C=O) groups is 2. The van der Waals surface area contributed by atoms with Crippen LogP contribution in [0, 0.1) is 5.92 Å². The number of amidine groups is 1. The number of phenolic OH excluding ortho intramolecular Hbond substituents is 1. The largest absolute Gasteiger partial charge is 0.508 e. The zero-order chi connectivity index (χ0) is 17.0. The molecule has 0 saturated carbocycles. The van der Waals surface area contributed by atoms with Crippen LogP contribution in [0.5, 0.6) is 5.75 Å². The highest BCUT2D eigenvalue weighted by Gasteiger charge is 2.33. The molecule has 3 N–H and O–H groups in total. The van der Waals surface area contributed by atoms with Crippen LogP contribution in [0.3, 0.4) is 0 Å². The zero-order valence-corrected chi connectivity index (χ0v) is 13.3. The summed E-state index contributed by atoms with van der Waals surface area (Å²) in [6.07, 6.45) is 2.96. The van der Waals surface area contributed by atoms with Crippen molar-refractivity contribution in [3.63, 3.8) is 0 Å². The number of phenols is 1. The van der Waals surface area contributed by atoms with Gasteiger partial charge in [-0.25, -0.2) is 4.99 Å². The van der Waals surface area contributed by atoms with Crippen LogP contribution in [0.4, 0.5) is 0 Å². The van der Waals surface area contributed by atoms with Crippen molar-refractivity contribution in [2.45, 2.75) is 26.3 Å². The molecule has 122 valence electrons. The lowest BCUT2D eigenvalue weighted by atomic mass is 10.0. The molecule has 23 heavy (non-hydrogen) atoms. The molecule has 2 rings (SSSR count). The van der Waals surface area contributed by atoms with Gasteiger partial charge in [-0.2, -0.15) is 0 Å². The van der Waals surface area contributed by atoms with Crippen molar-refractivity contribution in [1.29, 1.82) is 0 Å². The Morgan fingerprint density at radius 2 is 1.96 bits per heavy atom. The molecule has 1 heterocycles. The van der Waals surface area contributed by atoms with Gasteiger partial charge >= 0.3 is 0 Å². The van der Waals surface area contributed by atoms with Gasteiger partial charge in [-0.05, 0) is 36.1 Å². The highest BCUT2D eigenvalue weighted by Crippen LogP contribution is 2.21. The van der Waals surface area contributed by atoms with Crippen LogP contribution in [-0.4, -0.2) is 40.6 Å². The second-order valence-corrected chi connectivity index (χ2v) is 5.91. The van der Waals surface area contributed by atoms with Crippen molar-refractivity contribution in [3.05, 3.63) is 35.5 Å². The molecule has 1 aliphatic heterocycles. The maximum absolute atomic E-state index is 12.4. The highest BCUT2D eigenvalue weighted by atomic mass is 16.3. The van der Waals surface area contributed by atoms with E-state index >= 15 is 0 Å². The predicted octanol–water partition coefficient (Wildman–Crippen LogP) is 1.55. The van der Waals surface area contributed by atoms with Gasteiger partial charge in [0.2, 0.25) is 0 Å². The fourth-order valence-electron chi connectivity index (χ4n) is 2.44. The zero-order valence-electron chi connectivity index (χ0n) is 13.3. The summed E-state index contributed by atoms with van der Waals surface area (Å²) < 4.78 is 0. The molecule has 0 saturated heterocycles. The first-order chi connectivity index (χ1) is 10.9. The van der Waals surface area contributed by atoms with Crippen LogP contribution in [0.15, 0.2) is 35.0 Å². The Labute approximate surface area is 135 Å². The molecule has 1 atom stereocenters. The lowest BCUT2D eigenvalue weighted by Crippen LogP contribution is -2.44. The third-order valence-electron chi connectivity index (χ3n) is 3.49. The Kier molecular flexibility index (Phi) is 5.28. The van der Waals surface area contributed by atoms with E-state index in [9.17, 15) is 14.7 Å². The molecule has 1 amide bonds. The van der Waals surface area contributed by atoms with Crippen LogP contribution in [0.2, 0.25) is 0 Å². The molecule has 1 aromatic rings. The first-order valence-corrected chi connectivity index (χ1v) is 7.52. The maximum atomic E-state index is 12.4. The second kappa shape index (κ2) is 7.19. The number of aromatic hydroxyl groups is 1. The number of hydrogen-bond acceptors (Lipinski definition) is 5. The number of nitrogens with zero attached hydrogens (tertiary/aromatic N) is 2. The summed E-state index contributed by atoms with van der Waals surface area (Å²) in [5.41, 5.74) is 7.12. The first-order valence-electron chi connectivity index (χ1n) is 7.52. The van der Waals surface area contributed by atoms with Gasteiger partial charge in [-0.3, -0.25) is 9.69 Å².